The molecule has 6 heteroatoms. The summed E-state index contributed by atoms with van der Waals surface area (Å²) in [5.41, 5.74) is 3.49. The van der Waals surface area contributed by atoms with E-state index in [1.807, 2.05) is 5.38 Å². The Balaban J connectivity index is 2.09. The largest absolute Gasteiger partial charge is 0.507 e. The first-order chi connectivity index (χ1) is 9.08. The molecule has 0 aliphatic heterocycles. The van der Waals surface area contributed by atoms with Gasteiger partial charge in [-0.15, -0.1) is 11.3 Å². The molecule has 0 spiro atoms. The van der Waals surface area contributed by atoms with Gasteiger partial charge < -0.3 is 5.11 Å². The second kappa shape index (κ2) is 5.86. The maximum atomic E-state index is 11.6. The number of hydrogen-bond donors (Lipinski definition) is 2. The molecule has 0 saturated heterocycles. The van der Waals surface area contributed by atoms with Crippen molar-refractivity contribution in [2.75, 3.05) is 0 Å². The van der Waals surface area contributed by atoms with Crippen LogP contribution in [0.1, 0.15) is 20.8 Å². The molecule has 1 aromatic heterocycles. The van der Waals surface area contributed by atoms with Gasteiger partial charge in [0, 0.05) is 10.6 Å². The first-order valence-corrected chi connectivity index (χ1v) is 6.69. The third kappa shape index (κ3) is 3.33. The van der Waals surface area contributed by atoms with E-state index in [2.05, 4.69) is 10.5 Å². The number of rotatable bonds is 3. The lowest BCUT2D eigenvalue weighted by molar-refractivity contribution is 0.0959. The number of halogens is 1. The molecule has 1 aromatic carbocycles. The second-order valence-electron chi connectivity index (χ2n) is 3.84. The number of thiophene rings is 1. The number of hydrazone groups is 1. The summed E-state index contributed by atoms with van der Waals surface area (Å²) in [7, 11) is 0. The molecule has 0 fully saturated rings. The SMILES string of the molecule is Cc1cc(Cl)cc(C=NNC(=O)c2cccs2)c1O. The highest BCUT2D eigenvalue weighted by Crippen LogP contribution is 2.24. The molecular weight excluding hydrogens is 284 g/mol. The summed E-state index contributed by atoms with van der Waals surface area (Å²) in [5, 5.41) is 15.9. The molecule has 0 radical (unpaired) electrons. The molecule has 98 valence electrons. The number of carbonyl (C=O) groups is 1. The van der Waals surface area contributed by atoms with Crippen LogP contribution in [0.4, 0.5) is 0 Å². The molecule has 19 heavy (non-hydrogen) atoms. The van der Waals surface area contributed by atoms with Gasteiger partial charge >= 0.3 is 0 Å². The highest BCUT2D eigenvalue weighted by molar-refractivity contribution is 7.12. The van der Waals surface area contributed by atoms with Crippen LogP contribution in [0.2, 0.25) is 5.02 Å². The summed E-state index contributed by atoms with van der Waals surface area (Å²) >= 11 is 7.22. The summed E-state index contributed by atoms with van der Waals surface area (Å²) in [5.74, 6) is -0.192. The minimum absolute atomic E-state index is 0.0959. The van der Waals surface area contributed by atoms with Crippen LogP contribution < -0.4 is 5.43 Å². The Morgan fingerprint density at radius 2 is 2.32 bits per heavy atom. The van der Waals surface area contributed by atoms with Crippen LogP contribution >= 0.6 is 22.9 Å². The molecule has 0 aliphatic carbocycles. The minimum Gasteiger partial charge on any atom is -0.507 e. The fourth-order valence-electron chi connectivity index (χ4n) is 1.48. The summed E-state index contributed by atoms with van der Waals surface area (Å²) in [6.07, 6.45) is 1.36. The average Bonchev–Trinajstić information content (AvgIpc) is 2.88. The van der Waals surface area contributed by atoms with Crippen LogP contribution in [0.15, 0.2) is 34.7 Å². The number of nitrogens with zero attached hydrogens (tertiary/aromatic N) is 1. The fourth-order valence-corrected chi connectivity index (χ4v) is 2.38. The number of carbonyl (C=O) groups excluding carboxylic acids is 1. The number of aryl methyl sites for hydroxylation is 1. The van der Waals surface area contributed by atoms with Crippen molar-refractivity contribution >= 4 is 35.1 Å². The molecule has 2 aromatic rings. The van der Waals surface area contributed by atoms with Crippen molar-refractivity contribution in [1.82, 2.24) is 5.43 Å². The number of benzene rings is 1. The molecule has 0 aliphatic rings. The lowest BCUT2D eigenvalue weighted by Crippen LogP contribution is -2.16. The van der Waals surface area contributed by atoms with Gasteiger partial charge in [0.05, 0.1) is 11.1 Å². The van der Waals surface area contributed by atoms with Crippen molar-refractivity contribution < 1.29 is 9.90 Å². The number of phenols is 1. The smallest absolute Gasteiger partial charge is 0.281 e. The van der Waals surface area contributed by atoms with E-state index in [0.717, 1.165) is 0 Å². The molecule has 0 bridgehead atoms. The monoisotopic (exact) mass is 294 g/mol. The molecule has 1 heterocycles. The highest BCUT2D eigenvalue weighted by atomic mass is 35.5. The topological polar surface area (TPSA) is 61.7 Å². The number of hydrogen-bond acceptors (Lipinski definition) is 4. The van der Waals surface area contributed by atoms with Gasteiger partial charge in [0.1, 0.15) is 5.75 Å². The third-order valence-corrected chi connectivity index (χ3v) is 3.50. The molecular formula is C13H11ClN2O2S. The van der Waals surface area contributed by atoms with Crippen LogP contribution in [0.25, 0.3) is 0 Å². The van der Waals surface area contributed by atoms with Crippen LogP contribution in [0.3, 0.4) is 0 Å². The highest BCUT2D eigenvalue weighted by Gasteiger charge is 2.06. The van der Waals surface area contributed by atoms with Crippen molar-refractivity contribution in [3.05, 3.63) is 50.7 Å². The van der Waals surface area contributed by atoms with E-state index in [1.165, 1.54) is 17.6 Å². The Hall–Kier alpha value is -1.85. The number of amides is 1. The summed E-state index contributed by atoms with van der Waals surface area (Å²) in [6.45, 7) is 1.74. The summed E-state index contributed by atoms with van der Waals surface area (Å²) in [6, 6.07) is 6.72. The predicted octanol–water partition coefficient (Wildman–Crippen LogP) is 3.18. The Morgan fingerprint density at radius 3 is 3.00 bits per heavy atom. The Kier molecular flexibility index (Phi) is 4.19. The molecule has 0 unspecified atom stereocenters. The van der Waals surface area contributed by atoms with E-state index in [9.17, 15) is 9.90 Å². The average molecular weight is 295 g/mol. The molecule has 0 atom stereocenters. The van der Waals surface area contributed by atoms with Crippen LogP contribution in [-0.2, 0) is 0 Å². The van der Waals surface area contributed by atoms with Gasteiger partial charge in [-0.3, -0.25) is 4.79 Å². The van der Waals surface area contributed by atoms with E-state index >= 15 is 0 Å². The van der Waals surface area contributed by atoms with Crippen LogP contribution in [0, 0.1) is 6.92 Å². The predicted molar refractivity (Wildman–Crippen MR) is 77.2 cm³/mol. The maximum absolute atomic E-state index is 11.6. The zero-order valence-electron chi connectivity index (χ0n) is 10.1. The van der Waals surface area contributed by atoms with Gasteiger partial charge in [-0.05, 0) is 36.1 Å². The van der Waals surface area contributed by atoms with Crippen molar-refractivity contribution in [2.24, 2.45) is 5.10 Å². The van der Waals surface area contributed by atoms with Crippen molar-refractivity contribution in [2.45, 2.75) is 6.92 Å². The van der Waals surface area contributed by atoms with Gasteiger partial charge in [-0.25, -0.2) is 5.43 Å². The van der Waals surface area contributed by atoms with Gasteiger partial charge in [0.15, 0.2) is 0 Å². The van der Waals surface area contributed by atoms with Crippen molar-refractivity contribution in [3.8, 4) is 5.75 Å². The lowest BCUT2D eigenvalue weighted by atomic mass is 10.1. The van der Waals surface area contributed by atoms with Gasteiger partial charge in [0.2, 0.25) is 0 Å². The summed E-state index contributed by atoms with van der Waals surface area (Å²) in [4.78, 5) is 12.2. The van der Waals surface area contributed by atoms with E-state index in [1.54, 1.807) is 31.2 Å². The number of aromatic hydroxyl groups is 1. The summed E-state index contributed by atoms with van der Waals surface area (Å²) < 4.78 is 0. The third-order valence-electron chi connectivity index (χ3n) is 2.41. The van der Waals surface area contributed by atoms with Gasteiger partial charge in [0.25, 0.3) is 5.91 Å². The quantitative estimate of drug-likeness (QED) is 0.674. The minimum atomic E-state index is -0.288. The number of phenolic OH excluding ortho intramolecular Hbond substituents is 1. The molecule has 2 N–H and O–H groups in total. The second-order valence-corrected chi connectivity index (χ2v) is 5.22. The first-order valence-electron chi connectivity index (χ1n) is 5.44. The normalized spacial score (nSPS) is 10.8. The fraction of sp³-hybridized carbons (Fsp3) is 0.0769. The van der Waals surface area contributed by atoms with E-state index in [-0.39, 0.29) is 11.7 Å². The zero-order chi connectivity index (χ0) is 13.8. The lowest BCUT2D eigenvalue weighted by Gasteiger charge is -2.03. The van der Waals surface area contributed by atoms with Crippen LogP contribution in [-0.4, -0.2) is 17.2 Å². The maximum Gasteiger partial charge on any atom is 0.281 e. The Bertz CT molecular complexity index is 624. The Morgan fingerprint density at radius 1 is 1.53 bits per heavy atom. The standard InChI is InChI=1S/C13H11ClN2O2S/c1-8-5-10(14)6-9(12(8)17)7-15-16-13(18)11-3-2-4-19-11/h2-7,17H,1H3,(H,16,18). The van der Waals surface area contributed by atoms with Gasteiger partial charge in [-0.1, -0.05) is 17.7 Å². The first kappa shape index (κ1) is 13.6. The van der Waals surface area contributed by atoms with Gasteiger partial charge in [-0.2, -0.15) is 5.10 Å². The molecule has 0 saturated carbocycles. The van der Waals surface area contributed by atoms with Crippen LogP contribution in [0.5, 0.6) is 5.75 Å². The van der Waals surface area contributed by atoms with E-state index < -0.39 is 0 Å². The molecule has 1 amide bonds. The van der Waals surface area contributed by atoms with E-state index in [4.69, 9.17) is 11.6 Å². The number of nitrogens with one attached hydrogen (secondary N) is 1. The van der Waals surface area contributed by atoms with E-state index in [0.29, 0.717) is 21.0 Å². The molecule has 2 rings (SSSR count). The Labute approximate surface area is 119 Å². The molecule has 4 nitrogen and oxygen atoms in total. The zero-order valence-corrected chi connectivity index (χ0v) is 11.6. The van der Waals surface area contributed by atoms with Crippen molar-refractivity contribution in [1.29, 1.82) is 0 Å². The van der Waals surface area contributed by atoms with Crippen molar-refractivity contribution in [3.63, 3.8) is 0 Å².